The van der Waals surface area contributed by atoms with E-state index in [9.17, 15) is 27.9 Å². The van der Waals surface area contributed by atoms with Gasteiger partial charge < -0.3 is 14.9 Å². The molecule has 0 bridgehead atoms. The number of halogens is 3. The average molecular weight is 340 g/mol. The minimum Gasteiger partial charge on any atom is -0.508 e. The highest BCUT2D eigenvalue weighted by atomic mass is 19.4. The first-order valence-electron chi connectivity index (χ1n) is 6.60. The largest absolute Gasteiger partial charge is 0.573 e. The highest BCUT2D eigenvalue weighted by molar-refractivity contribution is 6.14. The van der Waals surface area contributed by atoms with Gasteiger partial charge in [0.1, 0.15) is 17.2 Å². The van der Waals surface area contributed by atoms with Crippen LogP contribution in [0.25, 0.3) is 0 Å². The molecule has 24 heavy (non-hydrogen) atoms. The van der Waals surface area contributed by atoms with E-state index < -0.39 is 35.8 Å². The molecule has 2 aromatic rings. The van der Waals surface area contributed by atoms with Crippen LogP contribution in [0, 0.1) is 0 Å². The molecule has 5 nitrogen and oxygen atoms in total. The van der Waals surface area contributed by atoms with Crippen molar-refractivity contribution in [3.63, 3.8) is 0 Å². The molecule has 0 unspecified atom stereocenters. The van der Waals surface area contributed by atoms with E-state index in [1.165, 1.54) is 12.1 Å². The molecule has 2 rings (SSSR count). The Balaban J connectivity index is 2.08. The summed E-state index contributed by atoms with van der Waals surface area (Å²) < 4.78 is 39.8. The van der Waals surface area contributed by atoms with Gasteiger partial charge in [-0.1, -0.05) is 0 Å². The standard InChI is InChI=1S/C16H11F3O5/c17-16(18,19)24-11-4-1-9(2-5-11)13(21)8-15(23)12-6-3-10(20)7-14(12)22/h1-7,20,22H,8H2. The van der Waals surface area contributed by atoms with Crippen molar-refractivity contribution in [2.45, 2.75) is 12.8 Å². The molecule has 2 N–H and O–H groups in total. The molecule has 0 saturated heterocycles. The number of phenols is 2. The van der Waals surface area contributed by atoms with Gasteiger partial charge in [-0.2, -0.15) is 0 Å². The van der Waals surface area contributed by atoms with Crippen molar-refractivity contribution in [3.05, 3.63) is 53.6 Å². The molecule has 126 valence electrons. The van der Waals surface area contributed by atoms with E-state index in [2.05, 4.69) is 4.74 Å². The van der Waals surface area contributed by atoms with Crippen LogP contribution < -0.4 is 4.74 Å². The molecule has 2 aromatic carbocycles. The molecule has 0 aliphatic rings. The van der Waals surface area contributed by atoms with Crippen LogP contribution in [-0.4, -0.2) is 28.1 Å². The van der Waals surface area contributed by atoms with Gasteiger partial charge in [-0.15, -0.1) is 13.2 Å². The van der Waals surface area contributed by atoms with E-state index in [1.807, 2.05) is 0 Å². The summed E-state index contributed by atoms with van der Waals surface area (Å²) in [7, 11) is 0. The maximum absolute atomic E-state index is 12.1. The number of rotatable bonds is 5. The molecular weight excluding hydrogens is 329 g/mol. The molecule has 0 amide bonds. The Morgan fingerprint density at radius 3 is 2.12 bits per heavy atom. The fourth-order valence-corrected chi connectivity index (χ4v) is 1.94. The molecule has 0 saturated carbocycles. The lowest BCUT2D eigenvalue weighted by Crippen LogP contribution is -2.17. The second kappa shape index (κ2) is 6.61. The number of carbonyl (C=O) groups is 2. The molecule has 8 heteroatoms. The molecule has 0 atom stereocenters. The summed E-state index contributed by atoms with van der Waals surface area (Å²) in [6.07, 6.45) is -5.42. The van der Waals surface area contributed by atoms with Crippen LogP contribution in [0.1, 0.15) is 27.1 Å². The van der Waals surface area contributed by atoms with Gasteiger partial charge in [-0.25, -0.2) is 0 Å². The molecule has 0 radical (unpaired) electrons. The molecule has 0 spiro atoms. The Labute approximate surface area is 133 Å². The lowest BCUT2D eigenvalue weighted by Gasteiger charge is -2.09. The van der Waals surface area contributed by atoms with Crippen LogP contribution in [0.3, 0.4) is 0 Å². The zero-order chi connectivity index (χ0) is 17.9. The molecule has 0 aromatic heterocycles. The normalized spacial score (nSPS) is 11.1. The number of hydrogen-bond acceptors (Lipinski definition) is 5. The number of ketones is 2. The first kappa shape index (κ1) is 17.3. The van der Waals surface area contributed by atoms with Gasteiger partial charge >= 0.3 is 6.36 Å². The second-order valence-electron chi connectivity index (χ2n) is 4.80. The third kappa shape index (κ3) is 4.48. The second-order valence-corrected chi connectivity index (χ2v) is 4.80. The van der Waals surface area contributed by atoms with Crippen molar-refractivity contribution < 1.29 is 37.7 Å². The monoisotopic (exact) mass is 340 g/mol. The van der Waals surface area contributed by atoms with Crippen molar-refractivity contribution in [2.24, 2.45) is 0 Å². The number of ether oxygens (including phenoxy) is 1. The molecule has 0 aliphatic heterocycles. The van der Waals surface area contributed by atoms with Crippen LogP contribution in [0.4, 0.5) is 13.2 Å². The van der Waals surface area contributed by atoms with E-state index in [-0.39, 0.29) is 16.9 Å². The summed E-state index contributed by atoms with van der Waals surface area (Å²) in [6.45, 7) is 0. The van der Waals surface area contributed by atoms with E-state index >= 15 is 0 Å². The number of benzene rings is 2. The van der Waals surface area contributed by atoms with Crippen molar-refractivity contribution >= 4 is 11.6 Å². The summed E-state index contributed by atoms with van der Waals surface area (Å²) in [4.78, 5) is 24.0. The van der Waals surface area contributed by atoms with E-state index in [0.717, 1.165) is 30.3 Å². The van der Waals surface area contributed by atoms with Crippen LogP contribution in [-0.2, 0) is 0 Å². The van der Waals surface area contributed by atoms with Gasteiger partial charge in [0.2, 0.25) is 0 Å². The summed E-state index contributed by atoms with van der Waals surface area (Å²) in [5.74, 6) is -2.52. The topological polar surface area (TPSA) is 83.8 Å². The molecule has 0 aliphatic carbocycles. The fraction of sp³-hybridized carbons (Fsp3) is 0.125. The van der Waals surface area contributed by atoms with E-state index in [1.54, 1.807) is 0 Å². The number of phenolic OH excluding ortho intramolecular Hbond substituents is 2. The maximum Gasteiger partial charge on any atom is 0.573 e. The number of aromatic hydroxyl groups is 2. The SMILES string of the molecule is O=C(CC(=O)c1ccc(O)cc1O)c1ccc(OC(F)(F)F)cc1. The third-order valence-corrected chi connectivity index (χ3v) is 3.01. The highest BCUT2D eigenvalue weighted by Gasteiger charge is 2.31. The van der Waals surface area contributed by atoms with Crippen LogP contribution in [0.15, 0.2) is 42.5 Å². The third-order valence-electron chi connectivity index (χ3n) is 3.01. The van der Waals surface area contributed by atoms with Crippen LogP contribution in [0.2, 0.25) is 0 Å². The van der Waals surface area contributed by atoms with Gasteiger partial charge in [0.15, 0.2) is 11.6 Å². The fourth-order valence-electron chi connectivity index (χ4n) is 1.94. The number of hydrogen-bond donors (Lipinski definition) is 2. The van der Waals surface area contributed by atoms with Crippen molar-refractivity contribution in [1.29, 1.82) is 0 Å². The zero-order valence-corrected chi connectivity index (χ0v) is 12.0. The van der Waals surface area contributed by atoms with E-state index in [4.69, 9.17) is 5.11 Å². The van der Waals surface area contributed by atoms with Gasteiger partial charge in [-0.3, -0.25) is 9.59 Å². The lowest BCUT2D eigenvalue weighted by atomic mass is 10.0. The number of alkyl halides is 3. The van der Waals surface area contributed by atoms with Gasteiger partial charge in [0.25, 0.3) is 0 Å². The van der Waals surface area contributed by atoms with Crippen molar-refractivity contribution in [2.75, 3.05) is 0 Å². The number of carbonyl (C=O) groups excluding carboxylic acids is 2. The Morgan fingerprint density at radius 2 is 1.58 bits per heavy atom. The molecular formula is C16H11F3O5. The van der Waals surface area contributed by atoms with E-state index in [0.29, 0.717) is 0 Å². The quantitative estimate of drug-likeness (QED) is 0.643. The minimum atomic E-state index is -4.84. The first-order chi connectivity index (χ1) is 11.2. The summed E-state index contributed by atoms with van der Waals surface area (Å²) in [6, 6.07) is 7.44. The predicted molar refractivity (Wildman–Crippen MR) is 76.2 cm³/mol. The molecule has 0 fully saturated rings. The van der Waals surface area contributed by atoms with Crippen LogP contribution >= 0.6 is 0 Å². The first-order valence-corrected chi connectivity index (χ1v) is 6.60. The van der Waals surface area contributed by atoms with Crippen molar-refractivity contribution in [1.82, 2.24) is 0 Å². The van der Waals surface area contributed by atoms with Crippen molar-refractivity contribution in [3.8, 4) is 17.2 Å². The zero-order valence-electron chi connectivity index (χ0n) is 12.0. The van der Waals surface area contributed by atoms with Gasteiger partial charge in [0, 0.05) is 11.6 Å². The summed E-state index contributed by atoms with van der Waals surface area (Å²) in [5, 5.41) is 18.7. The summed E-state index contributed by atoms with van der Waals surface area (Å²) in [5.41, 5.74) is -0.116. The lowest BCUT2D eigenvalue weighted by molar-refractivity contribution is -0.274. The highest BCUT2D eigenvalue weighted by Crippen LogP contribution is 2.25. The summed E-state index contributed by atoms with van der Waals surface area (Å²) >= 11 is 0. The van der Waals surface area contributed by atoms with Gasteiger partial charge in [0.05, 0.1) is 12.0 Å². The maximum atomic E-state index is 12.1. The minimum absolute atomic E-state index is 0.0242. The Hall–Kier alpha value is -3.03. The Morgan fingerprint density at radius 1 is 0.958 bits per heavy atom. The van der Waals surface area contributed by atoms with Gasteiger partial charge in [-0.05, 0) is 36.4 Å². The Kier molecular flexibility index (Phi) is 4.77. The Bertz CT molecular complexity index is 766. The smallest absolute Gasteiger partial charge is 0.508 e. The average Bonchev–Trinajstić information content (AvgIpc) is 2.45. The van der Waals surface area contributed by atoms with Crippen LogP contribution in [0.5, 0.6) is 17.2 Å². The predicted octanol–water partition coefficient (Wildman–Crippen LogP) is 3.45. The number of Topliss-reactive ketones (excluding diaryl/α,β-unsaturated/α-hetero) is 2. The molecule has 0 heterocycles.